The van der Waals surface area contributed by atoms with Gasteiger partial charge >= 0.3 is 12.1 Å². The van der Waals surface area contributed by atoms with Gasteiger partial charge in [-0.1, -0.05) is 5.21 Å². The number of aromatic carboxylic acids is 1. The molecule has 0 aromatic carbocycles. The zero-order valence-electron chi connectivity index (χ0n) is 8.23. The minimum Gasteiger partial charge on any atom is -0.476 e. The van der Waals surface area contributed by atoms with Crippen LogP contribution in [0.2, 0.25) is 0 Å². The summed E-state index contributed by atoms with van der Waals surface area (Å²) in [5.74, 6) is -2.67. The van der Waals surface area contributed by atoms with Gasteiger partial charge in [0, 0.05) is 6.42 Å². The van der Waals surface area contributed by atoms with Gasteiger partial charge in [-0.15, -0.1) is 5.10 Å². The Hall–Kier alpha value is -2.13. The topological polar surface area (TPSA) is 111 Å². The molecule has 0 aliphatic heterocycles. The van der Waals surface area contributed by atoms with Crippen molar-refractivity contribution in [2.75, 3.05) is 0 Å². The molecule has 0 spiro atoms. The average molecular weight is 252 g/mol. The average Bonchev–Trinajstić information content (AvgIpc) is 2.57. The Kier molecular flexibility index (Phi) is 3.34. The predicted molar refractivity (Wildman–Crippen MR) is 45.8 cm³/mol. The van der Waals surface area contributed by atoms with Crippen LogP contribution in [0.4, 0.5) is 13.2 Å². The summed E-state index contributed by atoms with van der Waals surface area (Å²) in [5, 5.41) is 14.4. The maximum absolute atomic E-state index is 12.5. The minimum absolute atomic E-state index is 0.300. The van der Waals surface area contributed by atoms with Crippen molar-refractivity contribution in [1.82, 2.24) is 15.0 Å². The summed E-state index contributed by atoms with van der Waals surface area (Å²) in [6, 6.07) is 0. The number of hydrogen-bond donors (Lipinski definition) is 2. The van der Waals surface area contributed by atoms with Crippen molar-refractivity contribution in [1.29, 1.82) is 0 Å². The highest BCUT2D eigenvalue weighted by Gasteiger charge is 2.41. The first-order valence-corrected chi connectivity index (χ1v) is 4.25. The van der Waals surface area contributed by atoms with Crippen molar-refractivity contribution in [3.63, 3.8) is 0 Å². The quantitative estimate of drug-likeness (QED) is 0.775. The number of aryl methyl sites for hydroxylation is 1. The maximum Gasteiger partial charge on any atom is 0.435 e. The summed E-state index contributed by atoms with van der Waals surface area (Å²) in [5.41, 5.74) is 2.05. The fraction of sp³-hybridized carbons (Fsp3) is 0.429. The molecule has 1 rings (SSSR count). The number of hydrogen-bond acceptors (Lipinski definition) is 4. The Morgan fingerprint density at radius 3 is 2.41 bits per heavy atom. The zero-order chi connectivity index (χ0) is 13.2. The van der Waals surface area contributed by atoms with Crippen LogP contribution >= 0.6 is 0 Å². The SMILES string of the molecule is NC(=O)CCn1nnc(C(=O)O)c1C(F)(F)F. The van der Waals surface area contributed by atoms with Gasteiger partial charge in [0.15, 0.2) is 5.69 Å². The molecule has 10 heteroatoms. The van der Waals surface area contributed by atoms with E-state index >= 15 is 0 Å². The highest BCUT2D eigenvalue weighted by Crippen LogP contribution is 2.31. The van der Waals surface area contributed by atoms with Crippen molar-refractivity contribution < 1.29 is 27.9 Å². The molecule has 0 saturated heterocycles. The smallest absolute Gasteiger partial charge is 0.435 e. The summed E-state index contributed by atoms with van der Waals surface area (Å²) in [7, 11) is 0. The molecule has 94 valence electrons. The van der Waals surface area contributed by atoms with Crippen molar-refractivity contribution in [2.45, 2.75) is 19.1 Å². The van der Waals surface area contributed by atoms with Gasteiger partial charge in [0.1, 0.15) is 0 Å². The van der Waals surface area contributed by atoms with E-state index < -0.39 is 42.4 Å². The Balaban J connectivity index is 3.14. The molecule has 7 nitrogen and oxygen atoms in total. The second kappa shape index (κ2) is 4.39. The number of carbonyl (C=O) groups is 2. The van der Waals surface area contributed by atoms with Crippen molar-refractivity contribution in [3.05, 3.63) is 11.4 Å². The molecule has 1 heterocycles. The number of carbonyl (C=O) groups excluding carboxylic acids is 1. The molecule has 0 radical (unpaired) electrons. The Labute approximate surface area is 92.0 Å². The lowest BCUT2D eigenvalue weighted by molar-refractivity contribution is -0.145. The third kappa shape index (κ3) is 2.92. The van der Waals surface area contributed by atoms with E-state index in [1.807, 2.05) is 0 Å². The molecule has 1 aromatic heterocycles. The van der Waals surface area contributed by atoms with Crippen LogP contribution in [0.15, 0.2) is 0 Å². The molecular formula is C7H7F3N4O3. The molecule has 17 heavy (non-hydrogen) atoms. The van der Waals surface area contributed by atoms with Gasteiger partial charge in [-0.3, -0.25) is 4.79 Å². The third-order valence-electron chi connectivity index (χ3n) is 1.78. The predicted octanol–water partition coefficient (Wildman–Crippen LogP) is -0.130. The van der Waals surface area contributed by atoms with E-state index in [2.05, 4.69) is 10.3 Å². The van der Waals surface area contributed by atoms with E-state index in [1.165, 1.54) is 0 Å². The first-order chi connectivity index (χ1) is 7.73. The van der Waals surface area contributed by atoms with Crippen LogP contribution in [0.25, 0.3) is 0 Å². The number of alkyl halides is 3. The number of carboxylic acid groups (broad SMARTS) is 1. The molecule has 0 saturated carbocycles. The minimum atomic E-state index is -4.92. The van der Waals surface area contributed by atoms with Crippen LogP contribution in [0.5, 0.6) is 0 Å². The molecule has 0 aliphatic rings. The number of carboxylic acids is 1. The van der Waals surface area contributed by atoms with Crippen LogP contribution in [0.1, 0.15) is 22.6 Å². The van der Waals surface area contributed by atoms with E-state index in [1.54, 1.807) is 0 Å². The number of nitrogens with two attached hydrogens (primary N) is 1. The lowest BCUT2D eigenvalue weighted by Gasteiger charge is -2.08. The normalized spacial score (nSPS) is 11.5. The maximum atomic E-state index is 12.5. The lowest BCUT2D eigenvalue weighted by atomic mass is 10.3. The highest BCUT2D eigenvalue weighted by atomic mass is 19.4. The van der Waals surface area contributed by atoms with E-state index in [-0.39, 0.29) is 0 Å². The summed E-state index contributed by atoms with van der Waals surface area (Å²) in [6.45, 7) is -0.482. The summed E-state index contributed by atoms with van der Waals surface area (Å²) < 4.78 is 37.9. The molecule has 0 unspecified atom stereocenters. The number of rotatable bonds is 4. The second-order valence-corrected chi connectivity index (χ2v) is 3.03. The fourth-order valence-electron chi connectivity index (χ4n) is 1.11. The molecule has 0 fully saturated rings. The standard InChI is InChI=1S/C7H7F3N4O3/c8-7(9,10)5-4(6(16)17)12-13-14(5)2-1-3(11)15/h1-2H2,(H2,11,15)(H,16,17). The Morgan fingerprint density at radius 1 is 1.41 bits per heavy atom. The van der Waals surface area contributed by atoms with Gasteiger partial charge in [-0.2, -0.15) is 13.2 Å². The molecule has 0 bridgehead atoms. The summed E-state index contributed by atoms with van der Waals surface area (Å²) in [6.07, 6.45) is -5.32. The van der Waals surface area contributed by atoms with Crippen LogP contribution in [0.3, 0.4) is 0 Å². The molecule has 0 aliphatic carbocycles. The van der Waals surface area contributed by atoms with Crippen LogP contribution in [-0.2, 0) is 17.5 Å². The highest BCUT2D eigenvalue weighted by molar-refractivity contribution is 5.86. The molecule has 3 N–H and O–H groups in total. The van der Waals surface area contributed by atoms with Crippen LogP contribution < -0.4 is 5.73 Å². The van der Waals surface area contributed by atoms with E-state index in [4.69, 9.17) is 10.8 Å². The van der Waals surface area contributed by atoms with Crippen molar-refractivity contribution in [3.8, 4) is 0 Å². The molecular weight excluding hydrogens is 245 g/mol. The zero-order valence-corrected chi connectivity index (χ0v) is 8.23. The Bertz CT molecular complexity index is 454. The van der Waals surface area contributed by atoms with Gasteiger partial charge in [0.2, 0.25) is 11.6 Å². The van der Waals surface area contributed by atoms with Crippen LogP contribution in [0, 0.1) is 0 Å². The largest absolute Gasteiger partial charge is 0.476 e. The first kappa shape index (κ1) is 12.9. The van der Waals surface area contributed by atoms with Gasteiger partial charge in [-0.25, -0.2) is 9.48 Å². The van der Waals surface area contributed by atoms with Crippen molar-refractivity contribution >= 4 is 11.9 Å². The second-order valence-electron chi connectivity index (χ2n) is 3.03. The van der Waals surface area contributed by atoms with Gasteiger partial charge in [-0.05, 0) is 0 Å². The first-order valence-electron chi connectivity index (χ1n) is 4.25. The van der Waals surface area contributed by atoms with E-state index in [9.17, 15) is 22.8 Å². The monoisotopic (exact) mass is 252 g/mol. The number of nitrogens with zero attached hydrogens (tertiary/aromatic N) is 3. The number of amides is 1. The Morgan fingerprint density at radius 2 is 2.00 bits per heavy atom. The van der Waals surface area contributed by atoms with E-state index in [0.29, 0.717) is 4.68 Å². The number of primary amides is 1. The van der Waals surface area contributed by atoms with E-state index in [0.717, 1.165) is 0 Å². The molecule has 0 atom stereocenters. The fourth-order valence-corrected chi connectivity index (χ4v) is 1.11. The lowest BCUT2D eigenvalue weighted by Crippen LogP contribution is -2.21. The van der Waals surface area contributed by atoms with Gasteiger partial charge < -0.3 is 10.8 Å². The van der Waals surface area contributed by atoms with Gasteiger partial charge in [0.05, 0.1) is 6.54 Å². The number of aromatic nitrogens is 3. The molecule has 1 amide bonds. The molecule has 1 aromatic rings. The van der Waals surface area contributed by atoms with Crippen molar-refractivity contribution in [2.24, 2.45) is 5.73 Å². The summed E-state index contributed by atoms with van der Waals surface area (Å²) >= 11 is 0. The van der Waals surface area contributed by atoms with Crippen LogP contribution in [-0.4, -0.2) is 32.0 Å². The third-order valence-corrected chi connectivity index (χ3v) is 1.78. The van der Waals surface area contributed by atoms with Gasteiger partial charge in [0.25, 0.3) is 0 Å². The number of halogens is 3. The summed E-state index contributed by atoms with van der Waals surface area (Å²) in [4.78, 5) is 20.9.